The number of nitrogens with zero attached hydrogens (tertiary/aromatic N) is 1. The minimum absolute atomic E-state index is 0.366. The maximum atomic E-state index is 12.0. The van der Waals surface area contributed by atoms with Crippen molar-refractivity contribution in [2.75, 3.05) is 18.0 Å². The number of carbonyl (C=O) groups excluding carboxylic acids is 1. The van der Waals surface area contributed by atoms with E-state index in [9.17, 15) is 4.79 Å². The van der Waals surface area contributed by atoms with Crippen molar-refractivity contribution in [2.45, 2.75) is 0 Å². The molecule has 3 rings (SSSR count). The molecule has 0 spiro atoms. The van der Waals surface area contributed by atoms with Crippen LogP contribution in [0.4, 0.5) is 11.5 Å². The number of anilines is 2. The molecule has 2 aromatic carbocycles. The predicted octanol–water partition coefficient (Wildman–Crippen LogP) is 4.22. The van der Waals surface area contributed by atoms with Crippen molar-refractivity contribution >= 4 is 44.3 Å². The lowest BCUT2D eigenvalue weighted by atomic mass is 10.1. The highest BCUT2D eigenvalue weighted by molar-refractivity contribution is 9.10. The van der Waals surface area contributed by atoms with Crippen LogP contribution in [-0.4, -0.2) is 18.1 Å². The summed E-state index contributed by atoms with van der Waals surface area (Å²) in [5, 5.41) is 0.860. The van der Waals surface area contributed by atoms with Gasteiger partial charge in [0.25, 0.3) is 0 Å². The van der Waals surface area contributed by atoms with Crippen LogP contribution in [0.2, 0.25) is 0 Å². The summed E-state index contributed by atoms with van der Waals surface area (Å²) in [4.78, 5) is 16.5. The fourth-order valence-corrected chi connectivity index (χ4v) is 2.50. The number of pyridine rings is 1. The summed E-state index contributed by atoms with van der Waals surface area (Å²) in [5.41, 5.74) is 8.00. The number of halogens is 1. The van der Waals surface area contributed by atoms with Crippen LogP contribution >= 0.6 is 15.9 Å². The first-order chi connectivity index (χ1) is 11.2. The van der Waals surface area contributed by atoms with E-state index in [4.69, 9.17) is 4.74 Å². The molecule has 0 saturated carbocycles. The van der Waals surface area contributed by atoms with E-state index in [2.05, 4.69) is 31.8 Å². The molecule has 0 saturated heterocycles. The van der Waals surface area contributed by atoms with E-state index in [0.717, 1.165) is 21.1 Å². The van der Waals surface area contributed by atoms with Crippen molar-refractivity contribution in [3.05, 3.63) is 64.6 Å². The summed E-state index contributed by atoms with van der Waals surface area (Å²) in [5.74, 6) is -0.0361. The van der Waals surface area contributed by atoms with E-state index in [1.54, 1.807) is 6.07 Å². The maximum absolute atomic E-state index is 12.0. The summed E-state index contributed by atoms with van der Waals surface area (Å²) >= 11 is 3.43. The summed E-state index contributed by atoms with van der Waals surface area (Å²) in [7, 11) is 1.35. The van der Waals surface area contributed by atoms with Crippen molar-refractivity contribution in [3.8, 4) is 0 Å². The number of carbonyl (C=O) groups is 1. The number of hydrazine groups is 1. The van der Waals surface area contributed by atoms with Gasteiger partial charge in [0.05, 0.1) is 18.3 Å². The third-order valence-corrected chi connectivity index (χ3v) is 3.78. The minimum Gasteiger partial charge on any atom is -0.465 e. The lowest BCUT2D eigenvalue weighted by Crippen LogP contribution is -2.15. The molecule has 0 bridgehead atoms. The van der Waals surface area contributed by atoms with Gasteiger partial charge in [-0.25, -0.2) is 9.78 Å². The second kappa shape index (κ2) is 6.66. The van der Waals surface area contributed by atoms with Gasteiger partial charge in [0.1, 0.15) is 5.56 Å². The standard InChI is InChI=1S/C17H14BrN3O2/c1-23-17(22)14-9-11-7-8-12(18)10-15(11)19-16(14)21-20-13-5-3-2-4-6-13/h2-10,20H,1H3,(H,19,21). The quantitative estimate of drug-likeness (QED) is 0.530. The molecule has 0 fully saturated rings. The summed E-state index contributed by atoms with van der Waals surface area (Å²) in [6.07, 6.45) is 0. The first-order valence-electron chi connectivity index (χ1n) is 6.93. The molecule has 0 aliphatic rings. The number of para-hydroxylation sites is 1. The molecule has 0 unspecified atom stereocenters. The monoisotopic (exact) mass is 371 g/mol. The van der Waals surface area contributed by atoms with E-state index in [1.807, 2.05) is 48.5 Å². The van der Waals surface area contributed by atoms with E-state index in [0.29, 0.717) is 11.4 Å². The molecular formula is C17H14BrN3O2. The predicted molar refractivity (Wildman–Crippen MR) is 94.5 cm³/mol. The number of methoxy groups -OCH3 is 1. The Balaban J connectivity index is 1.99. The maximum Gasteiger partial charge on any atom is 0.341 e. The van der Waals surface area contributed by atoms with Crippen LogP contribution in [0.25, 0.3) is 10.9 Å². The number of fused-ring (bicyclic) bond motifs is 1. The van der Waals surface area contributed by atoms with Crippen molar-refractivity contribution in [2.24, 2.45) is 0 Å². The zero-order valence-corrected chi connectivity index (χ0v) is 13.9. The normalized spacial score (nSPS) is 10.3. The second-order valence-electron chi connectivity index (χ2n) is 4.83. The summed E-state index contributed by atoms with van der Waals surface area (Å²) < 4.78 is 5.77. The van der Waals surface area contributed by atoms with Crippen LogP contribution in [0.5, 0.6) is 0 Å². The number of esters is 1. The Hall–Kier alpha value is -2.60. The smallest absolute Gasteiger partial charge is 0.341 e. The van der Waals surface area contributed by atoms with E-state index in [1.165, 1.54) is 7.11 Å². The number of hydrogen-bond donors (Lipinski definition) is 2. The highest BCUT2D eigenvalue weighted by Crippen LogP contribution is 2.24. The van der Waals surface area contributed by atoms with Crippen LogP contribution in [0.1, 0.15) is 10.4 Å². The topological polar surface area (TPSA) is 63.2 Å². The zero-order chi connectivity index (χ0) is 16.2. The molecule has 0 atom stereocenters. The average Bonchev–Trinajstić information content (AvgIpc) is 2.59. The lowest BCUT2D eigenvalue weighted by molar-refractivity contribution is 0.0601. The Morgan fingerprint density at radius 3 is 2.61 bits per heavy atom. The highest BCUT2D eigenvalue weighted by atomic mass is 79.9. The van der Waals surface area contributed by atoms with Gasteiger partial charge in [-0.2, -0.15) is 0 Å². The molecule has 2 N–H and O–H groups in total. The molecule has 0 radical (unpaired) electrons. The van der Waals surface area contributed by atoms with Crippen LogP contribution in [-0.2, 0) is 4.74 Å². The molecule has 116 valence electrons. The van der Waals surface area contributed by atoms with Gasteiger partial charge in [-0.3, -0.25) is 10.9 Å². The molecule has 0 aliphatic heterocycles. The molecule has 23 heavy (non-hydrogen) atoms. The largest absolute Gasteiger partial charge is 0.465 e. The fraction of sp³-hybridized carbons (Fsp3) is 0.0588. The number of nitrogens with one attached hydrogen (secondary N) is 2. The molecule has 5 nitrogen and oxygen atoms in total. The zero-order valence-electron chi connectivity index (χ0n) is 12.3. The molecule has 1 heterocycles. The van der Waals surface area contributed by atoms with Crippen molar-refractivity contribution < 1.29 is 9.53 Å². The highest BCUT2D eigenvalue weighted by Gasteiger charge is 2.15. The molecule has 3 aromatic rings. The van der Waals surface area contributed by atoms with E-state index in [-0.39, 0.29) is 0 Å². The number of rotatable bonds is 4. The Morgan fingerprint density at radius 1 is 1.09 bits per heavy atom. The van der Waals surface area contributed by atoms with Crippen LogP contribution in [0.3, 0.4) is 0 Å². The van der Waals surface area contributed by atoms with E-state index >= 15 is 0 Å². The Morgan fingerprint density at radius 2 is 1.87 bits per heavy atom. The molecule has 0 amide bonds. The molecule has 0 aliphatic carbocycles. The van der Waals surface area contributed by atoms with Gasteiger partial charge in [-0.05, 0) is 30.3 Å². The molecule has 6 heteroatoms. The summed E-state index contributed by atoms with van der Waals surface area (Å²) in [6.45, 7) is 0. The van der Waals surface area contributed by atoms with Crippen LogP contribution in [0.15, 0.2) is 59.1 Å². The number of aromatic nitrogens is 1. The number of ether oxygens (including phenoxy) is 1. The first kappa shape index (κ1) is 15.3. The molecule has 1 aromatic heterocycles. The van der Waals surface area contributed by atoms with Crippen molar-refractivity contribution in [3.63, 3.8) is 0 Å². The third-order valence-electron chi connectivity index (χ3n) is 3.28. The number of hydrogen-bond acceptors (Lipinski definition) is 5. The first-order valence-corrected chi connectivity index (χ1v) is 7.72. The SMILES string of the molecule is COC(=O)c1cc2ccc(Br)cc2nc1NNc1ccccc1. The van der Waals surface area contributed by atoms with Gasteiger partial charge in [0.2, 0.25) is 0 Å². The van der Waals surface area contributed by atoms with Gasteiger partial charge in [-0.15, -0.1) is 0 Å². The van der Waals surface area contributed by atoms with Crippen LogP contribution in [0, 0.1) is 0 Å². The van der Waals surface area contributed by atoms with Crippen molar-refractivity contribution in [1.29, 1.82) is 0 Å². The van der Waals surface area contributed by atoms with Gasteiger partial charge in [-0.1, -0.05) is 40.2 Å². The average molecular weight is 372 g/mol. The van der Waals surface area contributed by atoms with Crippen molar-refractivity contribution in [1.82, 2.24) is 4.98 Å². The third kappa shape index (κ3) is 3.43. The second-order valence-corrected chi connectivity index (χ2v) is 5.74. The minimum atomic E-state index is -0.445. The van der Waals surface area contributed by atoms with E-state index < -0.39 is 5.97 Å². The Labute approximate surface area is 141 Å². The van der Waals surface area contributed by atoms with Crippen LogP contribution < -0.4 is 10.9 Å². The molecular weight excluding hydrogens is 358 g/mol. The Bertz CT molecular complexity index is 853. The van der Waals surface area contributed by atoms with Gasteiger partial charge in [0.15, 0.2) is 5.82 Å². The Kier molecular flexibility index (Phi) is 4.43. The van der Waals surface area contributed by atoms with Gasteiger partial charge in [0, 0.05) is 9.86 Å². The summed E-state index contributed by atoms with van der Waals surface area (Å²) in [6, 6.07) is 17.0. The van der Waals surface area contributed by atoms with Gasteiger partial charge >= 0.3 is 5.97 Å². The van der Waals surface area contributed by atoms with Gasteiger partial charge < -0.3 is 4.74 Å². The number of benzene rings is 2. The lowest BCUT2D eigenvalue weighted by Gasteiger charge is -2.13. The fourth-order valence-electron chi connectivity index (χ4n) is 2.15.